The molecule has 2 amide bonds. The standard InChI is InChI=1S/C29H32N4O4/c1-19-29(35)32(2)26-13-10-24(14-27(26)33(19)16-20-4-11-25(36-3)12-5-20)31-23-8-6-22(7-9-23)28(34)30-15-21-17-37-18-21/h4-14,19,21,31H,15-18H2,1-3H3,(H,30,34)/t19-/m1/s1. The molecule has 0 saturated carbocycles. The molecule has 0 spiro atoms. The summed E-state index contributed by atoms with van der Waals surface area (Å²) in [7, 11) is 3.46. The fourth-order valence-corrected chi connectivity index (χ4v) is 4.62. The zero-order valence-corrected chi connectivity index (χ0v) is 21.4. The van der Waals surface area contributed by atoms with Gasteiger partial charge in [-0.25, -0.2) is 0 Å². The average Bonchev–Trinajstić information content (AvgIpc) is 2.89. The Kier molecular flexibility index (Phi) is 7.01. The molecule has 8 heteroatoms. The number of carbonyl (C=O) groups excluding carboxylic acids is 2. The van der Waals surface area contributed by atoms with Gasteiger partial charge in [-0.1, -0.05) is 12.1 Å². The maximum absolute atomic E-state index is 13.0. The number of hydrogen-bond donors (Lipinski definition) is 2. The lowest BCUT2D eigenvalue weighted by molar-refractivity contribution is -0.119. The number of methoxy groups -OCH3 is 1. The van der Waals surface area contributed by atoms with Crippen LogP contribution in [0, 0.1) is 5.92 Å². The van der Waals surface area contributed by atoms with Crippen LogP contribution in [0.1, 0.15) is 22.8 Å². The number of benzene rings is 3. The molecule has 37 heavy (non-hydrogen) atoms. The summed E-state index contributed by atoms with van der Waals surface area (Å²) in [5.41, 5.74) is 5.33. The monoisotopic (exact) mass is 500 g/mol. The molecule has 2 heterocycles. The molecule has 2 aliphatic heterocycles. The fourth-order valence-electron chi connectivity index (χ4n) is 4.62. The van der Waals surface area contributed by atoms with Gasteiger partial charge < -0.3 is 29.9 Å². The molecule has 0 aliphatic carbocycles. The van der Waals surface area contributed by atoms with Crippen LogP contribution in [0.15, 0.2) is 66.7 Å². The molecule has 1 fully saturated rings. The largest absolute Gasteiger partial charge is 0.497 e. The third-order valence-electron chi connectivity index (χ3n) is 7.01. The van der Waals surface area contributed by atoms with Gasteiger partial charge in [0.2, 0.25) is 5.91 Å². The van der Waals surface area contributed by atoms with E-state index in [4.69, 9.17) is 9.47 Å². The first-order chi connectivity index (χ1) is 17.9. The van der Waals surface area contributed by atoms with Gasteiger partial charge in [0.25, 0.3) is 5.91 Å². The number of amides is 2. The Bertz CT molecular complexity index is 1270. The summed E-state index contributed by atoms with van der Waals surface area (Å²) >= 11 is 0. The summed E-state index contributed by atoms with van der Waals surface area (Å²) < 4.78 is 10.4. The van der Waals surface area contributed by atoms with E-state index in [0.717, 1.165) is 34.1 Å². The first-order valence-electron chi connectivity index (χ1n) is 12.5. The summed E-state index contributed by atoms with van der Waals surface area (Å²) in [5, 5.41) is 6.40. The third-order valence-corrected chi connectivity index (χ3v) is 7.01. The Balaban J connectivity index is 1.33. The molecule has 192 valence electrons. The summed E-state index contributed by atoms with van der Waals surface area (Å²) in [6.45, 7) is 4.59. The van der Waals surface area contributed by atoms with E-state index < -0.39 is 0 Å². The second kappa shape index (κ2) is 10.5. The predicted octanol–water partition coefficient (Wildman–Crippen LogP) is 4.19. The lowest BCUT2D eigenvalue weighted by atomic mass is 10.0. The maximum Gasteiger partial charge on any atom is 0.251 e. The predicted molar refractivity (Wildman–Crippen MR) is 145 cm³/mol. The molecule has 2 aliphatic rings. The Morgan fingerprint density at radius 1 is 1.00 bits per heavy atom. The Labute approximate surface area is 217 Å². The molecule has 2 N–H and O–H groups in total. The summed E-state index contributed by atoms with van der Waals surface area (Å²) in [6.07, 6.45) is 0. The van der Waals surface area contributed by atoms with Crippen molar-refractivity contribution in [3.63, 3.8) is 0 Å². The van der Waals surface area contributed by atoms with E-state index in [0.29, 0.717) is 37.8 Å². The van der Waals surface area contributed by atoms with Crippen molar-refractivity contribution in [2.75, 3.05) is 49.0 Å². The topological polar surface area (TPSA) is 83.1 Å². The Hall–Kier alpha value is -4.04. The number of anilines is 4. The average molecular weight is 501 g/mol. The number of rotatable bonds is 8. The molecular formula is C29H32N4O4. The third kappa shape index (κ3) is 5.24. The molecule has 0 radical (unpaired) electrons. The van der Waals surface area contributed by atoms with Gasteiger partial charge in [-0.15, -0.1) is 0 Å². The molecule has 5 rings (SSSR count). The highest BCUT2D eigenvalue weighted by Gasteiger charge is 2.33. The first-order valence-corrected chi connectivity index (χ1v) is 12.5. The van der Waals surface area contributed by atoms with E-state index in [1.807, 2.05) is 74.6 Å². The molecule has 0 bridgehead atoms. The van der Waals surface area contributed by atoms with E-state index in [-0.39, 0.29) is 17.9 Å². The summed E-state index contributed by atoms with van der Waals surface area (Å²) in [5.74, 6) is 1.19. The van der Waals surface area contributed by atoms with Crippen LogP contribution < -0.4 is 25.2 Å². The molecule has 1 atom stereocenters. The minimum absolute atomic E-state index is 0.0559. The molecule has 1 saturated heterocycles. The van der Waals surface area contributed by atoms with Crippen molar-refractivity contribution in [1.29, 1.82) is 0 Å². The van der Waals surface area contributed by atoms with Crippen molar-refractivity contribution < 1.29 is 19.1 Å². The van der Waals surface area contributed by atoms with Crippen molar-refractivity contribution >= 4 is 34.6 Å². The molecular weight excluding hydrogens is 468 g/mol. The van der Waals surface area contributed by atoms with E-state index in [1.165, 1.54) is 0 Å². The number of hydrogen-bond acceptors (Lipinski definition) is 6. The maximum atomic E-state index is 13.0. The van der Waals surface area contributed by atoms with Crippen molar-refractivity contribution in [2.45, 2.75) is 19.5 Å². The molecule has 8 nitrogen and oxygen atoms in total. The van der Waals surface area contributed by atoms with Crippen LogP contribution in [0.2, 0.25) is 0 Å². The minimum atomic E-state index is -0.306. The van der Waals surface area contributed by atoms with Crippen molar-refractivity contribution in [1.82, 2.24) is 5.32 Å². The normalized spacial score (nSPS) is 17.2. The van der Waals surface area contributed by atoms with Crippen molar-refractivity contribution in [3.8, 4) is 5.75 Å². The van der Waals surface area contributed by atoms with Gasteiger partial charge >= 0.3 is 0 Å². The highest BCUT2D eigenvalue weighted by Crippen LogP contribution is 2.39. The second-order valence-electron chi connectivity index (χ2n) is 9.57. The van der Waals surface area contributed by atoms with Crippen LogP contribution in [0.4, 0.5) is 22.7 Å². The van der Waals surface area contributed by atoms with Crippen LogP contribution >= 0.6 is 0 Å². The molecule has 3 aromatic rings. The number of likely N-dealkylation sites (N-methyl/N-ethyl adjacent to an activating group) is 1. The zero-order chi connectivity index (χ0) is 25.9. The SMILES string of the molecule is COc1ccc(CN2c3cc(Nc4ccc(C(=O)NCC5COC5)cc4)ccc3N(C)C(=O)[C@H]2C)cc1. The number of ether oxygens (including phenoxy) is 2. The smallest absolute Gasteiger partial charge is 0.251 e. The van der Waals surface area contributed by atoms with Gasteiger partial charge in [-0.3, -0.25) is 9.59 Å². The molecule has 0 unspecified atom stereocenters. The lowest BCUT2D eigenvalue weighted by Gasteiger charge is -2.40. The van der Waals surface area contributed by atoms with E-state index in [9.17, 15) is 9.59 Å². The van der Waals surface area contributed by atoms with Crippen molar-refractivity contribution in [3.05, 3.63) is 77.9 Å². The van der Waals surface area contributed by atoms with Crippen LogP contribution in [0.25, 0.3) is 0 Å². The number of carbonyl (C=O) groups is 2. The summed E-state index contributed by atoms with van der Waals surface area (Å²) in [6, 6.07) is 21.0. The van der Waals surface area contributed by atoms with Gasteiger partial charge in [-0.05, 0) is 67.1 Å². The van der Waals surface area contributed by atoms with Crippen LogP contribution in [-0.2, 0) is 16.1 Å². The number of fused-ring (bicyclic) bond motifs is 1. The van der Waals surface area contributed by atoms with Crippen LogP contribution in [-0.4, -0.2) is 51.8 Å². The first kappa shape index (κ1) is 24.6. The van der Waals surface area contributed by atoms with E-state index >= 15 is 0 Å². The van der Waals surface area contributed by atoms with Gasteiger partial charge in [0.05, 0.1) is 31.7 Å². The highest BCUT2D eigenvalue weighted by molar-refractivity contribution is 6.05. The quantitative estimate of drug-likeness (QED) is 0.483. The van der Waals surface area contributed by atoms with Gasteiger partial charge in [0, 0.05) is 43.0 Å². The Morgan fingerprint density at radius 3 is 2.35 bits per heavy atom. The molecule has 3 aromatic carbocycles. The van der Waals surface area contributed by atoms with E-state index in [1.54, 1.807) is 12.0 Å². The number of nitrogens with one attached hydrogen (secondary N) is 2. The van der Waals surface area contributed by atoms with Crippen molar-refractivity contribution in [2.24, 2.45) is 5.92 Å². The fraction of sp³-hybridized carbons (Fsp3) is 0.310. The Morgan fingerprint density at radius 2 is 1.70 bits per heavy atom. The summed E-state index contributed by atoms with van der Waals surface area (Å²) in [4.78, 5) is 29.2. The van der Waals surface area contributed by atoms with Crippen LogP contribution in [0.5, 0.6) is 5.75 Å². The van der Waals surface area contributed by atoms with Crippen LogP contribution in [0.3, 0.4) is 0 Å². The van der Waals surface area contributed by atoms with Gasteiger partial charge in [0.15, 0.2) is 0 Å². The van der Waals surface area contributed by atoms with E-state index in [2.05, 4.69) is 21.6 Å². The lowest BCUT2D eigenvalue weighted by Crippen LogP contribution is -2.50. The van der Waals surface area contributed by atoms with Gasteiger partial charge in [-0.2, -0.15) is 0 Å². The minimum Gasteiger partial charge on any atom is -0.497 e. The second-order valence-corrected chi connectivity index (χ2v) is 9.57. The number of nitrogens with zero attached hydrogens (tertiary/aromatic N) is 2. The molecule has 0 aromatic heterocycles. The zero-order valence-electron chi connectivity index (χ0n) is 21.4. The van der Waals surface area contributed by atoms with Gasteiger partial charge in [0.1, 0.15) is 11.8 Å². The highest BCUT2D eigenvalue weighted by atomic mass is 16.5.